The van der Waals surface area contributed by atoms with Gasteiger partial charge in [-0.3, -0.25) is 0 Å². The maximum atomic E-state index is 5.51. The summed E-state index contributed by atoms with van der Waals surface area (Å²) in [6, 6.07) is 5.94. The Kier molecular flexibility index (Phi) is 5.95. The molecular formula is C14H23NO3. The standard InChI is InChI=1S/C14H23NO3/c1-6-12(17-4)14(15-2)11-8-7-10(16-3)9-13(11)18-5/h7-9,12,14-15H,6H2,1-5H3. The van der Waals surface area contributed by atoms with E-state index in [0.29, 0.717) is 0 Å². The molecule has 0 amide bonds. The van der Waals surface area contributed by atoms with Crippen molar-refractivity contribution in [2.24, 2.45) is 0 Å². The van der Waals surface area contributed by atoms with Crippen LogP contribution in [0.4, 0.5) is 0 Å². The van der Waals surface area contributed by atoms with E-state index in [0.717, 1.165) is 23.5 Å². The predicted octanol–water partition coefficient (Wildman–Crippen LogP) is 2.39. The highest BCUT2D eigenvalue weighted by Crippen LogP contribution is 2.32. The number of hydrogen-bond acceptors (Lipinski definition) is 4. The molecule has 102 valence electrons. The van der Waals surface area contributed by atoms with E-state index in [1.165, 1.54) is 0 Å². The van der Waals surface area contributed by atoms with Gasteiger partial charge in [0.05, 0.1) is 26.4 Å². The van der Waals surface area contributed by atoms with Gasteiger partial charge in [-0.1, -0.05) is 6.92 Å². The lowest BCUT2D eigenvalue weighted by atomic mass is 9.98. The molecule has 1 rings (SSSR count). The molecule has 0 aromatic heterocycles. The number of methoxy groups -OCH3 is 3. The van der Waals surface area contributed by atoms with Crippen LogP contribution in [0.1, 0.15) is 24.9 Å². The molecule has 0 aliphatic rings. The van der Waals surface area contributed by atoms with Crippen LogP contribution < -0.4 is 14.8 Å². The highest BCUT2D eigenvalue weighted by molar-refractivity contribution is 5.43. The summed E-state index contributed by atoms with van der Waals surface area (Å²) < 4.78 is 16.2. The van der Waals surface area contributed by atoms with Gasteiger partial charge in [0, 0.05) is 18.7 Å². The second-order valence-corrected chi connectivity index (χ2v) is 4.06. The van der Waals surface area contributed by atoms with Crippen molar-refractivity contribution in [3.63, 3.8) is 0 Å². The van der Waals surface area contributed by atoms with Crippen LogP contribution in [-0.4, -0.2) is 34.5 Å². The van der Waals surface area contributed by atoms with Crippen molar-refractivity contribution < 1.29 is 14.2 Å². The molecule has 0 radical (unpaired) electrons. The molecule has 0 bridgehead atoms. The summed E-state index contributed by atoms with van der Waals surface area (Å²) in [7, 11) is 6.97. The zero-order chi connectivity index (χ0) is 13.5. The molecule has 1 N–H and O–H groups in total. The van der Waals surface area contributed by atoms with Gasteiger partial charge in [0.2, 0.25) is 0 Å². The SMILES string of the molecule is CCC(OC)C(NC)c1ccc(OC)cc1OC. The molecule has 18 heavy (non-hydrogen) atoms. The maximum Gasteiger partial charge on any atom is 0.127 e. The average molecular weight is 253 g/mol. The van der Waals surface area contributed by atoms with Crippen LogP contribution in [0.5, 0.6) is 11.5 Å². The van der Waals surface area contributed by atoms with Crippen molar-refractivity contribution in [1.82, 2.24) is 5.32 Å². The first kappa shape index (κ1) is 14.8. The zero-order valence-electron chi connectivity index (χ0n) is 11.8. The molecule has 4 nitrogen and oxygen atoms in total. The van der Waals surface area contributed by atoms with Crippen LogP contribution in [0.25, 0.3) is 0 Å². The third-order valence-corrected chi connectivity index (χ3v) is 3.16. The smallest absolute Gasteiger partial charge is 0.127 e. The first-order chi connectivity index (χ1) is 8.71. The number of benzene rings is 1. The lowest BCUT2D eigenvalue weighted by Gasteiger charge is -2.26. The van der Waals surface area contributed by atoms with Crippen molar-refractivity contribution >= 4 is 0 Å². The van der Waals surface area contributed by atoms with Crippen LogP contribution in [0, 0.1) is 0 Å². The van der Waals surface area contributed by atoms with Crippen molar-refractivity contribution in [1.29, 1.82) is 0 Å². The first-order valence-corrected chi connectivity index (χ1v) is 6.13. The Bertz CT molecular complexity index is 364. The monoisotopic (exact) mass is 253 g/mol. The Morgan fingerprint density at radius 3 is 2.33 bits per heavy atom. The van der Waals surface area contributed by atoms with E-state index >= 15 is 0 Å². The minimum Gasteiger partial charge on any atom is -0.497 e. The predicted molar refractivity (Wildman–Crippen MR) is 72.4 cm³/mol. The second-order valence-electron chi connectivity index (χ2n) is 4.06. The van der Waals surface area contributed by atoms with E-state index in [1.54, 1.807) is 21.3 Å². The Hall–Kier alpha value is -1.26. The molecule has 1 aromatic carbocycles. The summed E-state index contributed by atoms with van der Waals surface area (Å²) in [5.74, 6) is 1.60. The van der Waals surface area contributed by atoms with Gasteiger partial charge < -0.3 is 19.5 Å². The van der Waals surface area contributed by atoms with Gasteiger partial charge in [0.25, 0.3) is 0 Å². The Balaban J connectivity index is 3.11. The number of ether oxygens (including phenoxy) is 3. The fraction of sp³-hybridized carbons (Fsp3) is 0.571. The third-order valence-electron chi connectivity index (χ3n) is 3.16. The highest BCUT2D eigenvalue weighted by Gasteiger charge is 2.23. The van der Waals surface area contributed by atoms with Crippen molar-refractivity contribution in [3.8, 4) is 11.5 Å². The topological polar surface area (TPSA) is 39.7 Å². The fourth-order valence-electron chi connectivity index (χ4n) is 2.16. The molecule has 0 spiro atoms. The van der Waals surface area contributed by atoms with E-state index in [2.05, 4.69) is 12.2 Å². The summed E-state index contributed by atoms with van der Waals surface area (Å²) in [4.78, 5) is 0. The average Bonchev–Trinajstić information content (AvgIpc) is 2.44. The quantitative estimate of drug-likeness (QED) is 0.810. The van der Waals surface area contributed by atoms with E-state index in [4.69, 9.17) is 14.2 Å². The van der Waals surface area contributed by atoms with Gasteiger partial charge in [-0.15, -0.1) is 0 Å². The number of nitrogens with one attached hydrogen (secondary N) is 1. The van der Waals surface area contributed by atoms with Gasteiger partial charge in [-0.05, 0) is 25.6 Å². The molecule has 0 aliphatic heterocycles. The lowest BCUT2D eigenvalue weighted by molar-refractivity contribution is 0.0667. The van der Waals surface area contributed by atoms with E-state index in [9.17, 15) is 0 Å². The molecule has 2 unspecified atom stereocenters. The fourth-order valence-corrected chi connectivity index (χ4v) is 2.16. The number of rotatable bonds is 7. The molecule has 1 aromatic rings. The van der Waals surface area contributed by atoms with Crippen LogP contribution in [0.2, 0.25) is 0 Å². The molecule has 0 saturated carbocycles. The van der Waals surface area contributed by atoms with Gasteiger partial charge in [-0.2, -0.15) is 0 Å². The highest BCUT2D eigenvalue weighted by atomic mass is 16.5. The maximum absolute atomic E-state index is 5.51. The van der Waals surface area contributed by atoms with E-state index in [1.807, 2.05) is 25.2 Å². The number of likely N-dealkylation sites (N-methyl/N-ethyl adjacent to an activating group) is 1. The van der Waals surface area contributed by atoms with Gasteiger partial charge in [0.15, 0.2) is 0 Å². The van der Waals surface area contributed by atoms with Gasteiger partial charge in [0.1, 0.15) is 11.5 Å². The van der Waals surface area contributed by atoms with Gasteiger partial charge in [-0.25, -0.2) is 0 Å². The zero-order valence-corrected chi connectivity index (χ0v) is 11.8. The van der Waals surface area contributed by atoms with Gasteiger partial charge >= 0.3 is 0 Å². The summed E-state index contributed by atoms with van der Waals surface area (Å²) in [6.45, 7) is 2.11. The van der Waals surface area contributed by atoms with E-state index in [-0.39, 0.29) is 12.1 Å². The minimum atomic E-state index is 0.0980. The molecule has 0 heterocycles. The summed E-state index contributed by atoms with van der Waals surface area (Å²) in [6.07, 6.45) is 1.04. The molecule has 4 heteroatoms. The lowest BCUT2D eigenvalue weighted by Crippen LogP contribution is -2.30. The first-order valence-electron chi connectivity index (χ1n) is 6.13. The van der Waals surface area contributed by atoms with Crippen LogP contribution >= 0.6 is 0 Å². The van der Waals surface area contributed by atoms with Crippen molar-refractivity contribution in [2.75, 3.05) is 28.4 Å². The van der Waals surface area contributed by atoms with Crippen molar-refractivity contribution in [3.05, 3.63) is 23.8 Å². The number of hydrogen-bond donors (Lipinski definition) is 1. The molecule has 0 fully saturated rings. The molecule has 0 saturated heterocycles. The summed E-state index contributed by atoms with van der Waals surface area (Å²) in [5.41, 5.74) is 1.08. The van der Waals surface area contributed by atoms with Crippen molar-refractivity contribution in [2.45, 2.75) is 25.5 Å². The third kappa shape index (κ3) is 3.15. The Morgan fingerprint density at radius 2 is 1.89 bits per heavy atom. The normalized spacial score (nSPS) is 14.1. The Morgan fingerprint density at radius 1 is 1.17 bits per heavy atom. The summed E-state index contributed by atoms with van der Waals surface area (Å²) >= 11 is 0. The molecule has 2 atom stereocenters. The second kappa shape index (κ2) is 7.24. The largest absolute Gasteiger partial charge is 0.497 e. The Labute approximate surface area is 109 Å². The molecule has 0 aliphatic carbocycles. The van der Waals surface area contributed by atoms with Crippen LogP contribution in [-0.2, 0) is 4.74 Å². The van der Waals surface area contributed by atoms with Crippen LogP contribution in [0.3, 0.4) is 0 Å². The van der Waals surface area contributed by atoms with E-state index < -0.39 is 0 Å². The molecular weight excluding hydrogens is 230 g/mol. The minimum absolute atomic E-state index is 0.0980. The van der Waals surface area contributed by atoms with Crippen LogP contribution in [0.15, 0.2) is 18.2 Å². The summed E-state index contributed by atoms with van der Waals surface area (Å²) in [5, 5.41) is 3.29.